The Labute approximate surface area is 364 Å². The van der Waals surface area contributed by atoms with Gasteiger partial charge in [0.1, 0.15) is 18.9 Å². The minimum Gasteiger partial charge on any atom is -0.489 e. The molecule has 1 aromatic heterocycles. The fourth-order valence-electron chi connectivity index (χ4n) is 8.92. The lowest BCUT2D eigenvalue weighted by molar-refractivity contribution is -0.121. The quantitative estimate of drug-likeness (QED) is 0.0944. The Hall–Kier alpha value is -5.45. The lowest BCUT2D eigenvalue weighted by Gasteiger charge is -2.36. The van der Waals surface area contributed by atoms with Crippen LogP contribution in [0.1, 0.15) is 78.8 Å². The van der Waals surface area contributed by atoms with Gasteiger partial charge in [0.2, 0.25) is 31.9 Å². The van der Waals surface area contributed by atoms with Crippen molar-refractivity contribution >= 4 is 60.0 Å². The van der Waals surface area contributed by atoms with Crippen molar-refractivity contribution < 1.29 is 36.0 Å². The van der Waals surface area contributed by atoms with Crippen LogP contribution in [0, 0.1) is 0 Å². The summed E-state index contributed by atoms with van der Waals surface area (Å²) in [5.74, 6) is -0.506. The molecule has 62 heavy (non-hydrogen) atoms. The Morgan fingerprint density at radius 2 is 1.61 bits per heavy atom. The third kappa shape index (κ3) is 10.2. The molecule has 0 radical (unpaired) electrons. The molecule has 3 fully saturated rings. The van der Waals surface area contributed by atoms with Crippen molar-refractivity contribution in [3.05, 3.63) is 103 Å². The molecule has 14 nitrogen and oxygen atoms in total. The maximum atomic E-state index is 13.6. The van der Waals surface area contributed by atoms with Gasteiger partial charge in [-0.2, -0.15) is 4.31 Å². The molecule has 3 heterocycles. The average Bonchev–Trinajstić information content (AvgIpc) is 3.83. The number of amides is 3. The highest BCUT2D eigenvalue weighted by atomic mass is 32.2. The van der Waals surface area contributed by atoms with E-state index >= 15 is 0 Å². The SMILES string of the molecule is C=CCCNC(=O)Cn1c(-c2ccc(OCc3cc(N4CCCC4=O)ccc3N3CCN(S(C)(=O)=O)CC3)cc2)c(C2CCCCC2)c2ccc(C(=O)NS(=O)(=O)CC=C)cc21. The third-order valence-corrected chi connectivity index (χ3v) is 14.4. The third-order valence-electron chi connectivity index (χ3n) is 12.0. The highest BCUT2D eigenvalue weighted by molar-refractivity contribution is 7.90. The van der Waals surface area contributed by atoms with E-state index in [1.54, 1.807) is 23.1 Å². The number of ether oxygens (including phenoxy) is 1. The summed E-state index contributed by atoms with van der Waals surface area (Å²) in [6, 6.07) is 18.8. The van der Waals surface area contributed by atoms with Gasteiger partial charge in [-0.1, -0.05) is 37.5 Å². The number of nitrogens with one attached hydrogen (secondary N) is 2. The van der Waals surface area contributed by atoms with Crippen LogP contribution in [0.25, 0.3) is 22.2 Å². The standard InChI is InChI=1S/C46H56N6O8S2/c1-4-6-22-47-42(53)31-52-41-30-35(46(55)48-62(58,59)28-5-2)16-20-39(41)44(33-11-8-7-9-12-33)45(52)34-14-18-38(19-15-34)60-32-36-29-37(51-23-10-13-43(51)54)17-21-40(36)49-24-26-50(27-25-49)61(3,56)57/h4-5,14-21,29-30,33H,1-2,6-13,22-28,31-32H2,3H3,(H,47,53)(H,48,55). The molecule has 3 amide bonds. The summed E-state index contributed by atoms with van der Waals surface area (Å²) in [7, 11) is -7.24. The van der Waals surface area contributed by atoms with E-state index in [1.807, 2.05) is 53.1 Å². The first-order valence-electron chi connectivity index (χ1n) is 21.3. The van der Waals surface area contributed by atoms with E-state index in [4.69, 9.17) is 4.74 Å². The van der Waals surface area contributed by atoms with Crippen molar-refractivity contribution in [2.24, 2.45) is 0 Å². The summed E-state index contributed by atoms with van der Waals surface area (Å²) < 4.78 is 61.5. The fourth-order valence-corrected chi connectivity index (χ4v) is 10.5. The number of carbonyl (C=O) groups excluding carboxylic acids is 3. The van der Waals surface area contributed by atoms with Gasteiger partial charge in [-0.15, -0.1) is 13.2 Å². The van der Waals surface area contributed by atoms with Gasteiger partial charge >= 0.3 is 0 Å². The minimum absolute atomic E-state index is 0.0368. The first-order valence-corrected chi connectivity index (χ1v) is 24.8. The molecule has 0 spiro atoms. The lowest BCUT2D eigenvalue weighted by Crippen LogP contribution is -2.48. The maximum absolute atomic E-state index is 13.6. The number of piperazine rings is 1. The Kier molecular flexibility index (Phi) is 13.9. The summed E-state index contributed by atoms with van der Waals surface area (Å²) in [6.45, 7) is 10.2. The molecular formula is C46H56N6O8S2. The van der Waals surface area contributed by atoms with E-state index in [0.717, 1.165) is 77.7 Å². The van der Waals surface area contributed by atoms with Crippen LogP contribution in [-0.2, 0) is 42.8 Å². The van der Waals surface area contributed by atoms with Crippen LogP contribution in [-0.4, -0.2) is 94.7 Å². The molecule has 2 aliphatic heterocycles. The van der Waals surface area contributed by atoms with Crippen molar-refractivity contribution in [1.82, 2.24) is 18.9 Å². The number of fused-ring (bicyclic) bond motifs is 1. The highest BCUT2D eigenvalue weighted by Gasteiger charge is 2.30. The van der Waals surface area contributed by atoms with Crippen LogP contribution in [0.15, 0.2) is 86.0 Å². The Morgan fingerprint density at radius 3 is 2.27 bits per heavy atom. The van der Waals surface area contributed by atoms with Crippen molar-refractivity contribution in [1.29, 1.82) is 0 Å². The van der Waals surface area contributed by atoms with Crippen molar-refractivity contribution in [2.45, 2.75) is 70.4 Å². The van der Waals surface area contributed by atoms with E-state index in [-0.39, 0.29) is 36.4 Å². The van der Waals surface area contributed by atoms with Crippen molar-refractivity contribution in [3.63, 3.8) is 0 Å². The molecule has 3 aliphatic rings. The summed E-state index contributed by atoms with van der Waals surface area (Å²) in [5.41, 5.74) is 6.19. The van der Waals surface area contributed by atoms with Gasteiger partial charge in [0, 0.05) is 73.6 Å². The van der Waals surface area contributed by atoms with Gasteiger partial charge in [0.25, 0.3) is 5.91 Å². The number of sulfonamides is 2. The normalized spacial score (nSPS) is 16.7. The Bertz CT molecular complexity index is 2560. The number of nitrogens with zero attached hydrogens (tertiary/aromatic N) is 4. The zero-order chi connectivity index (χ0) is 44.0. The first-order chi connectivity index (χ1) is 29.8. The molecule has 4 aromatic rings. The summed E-state index contributed by atoms with van der Waals surface area (Å²) in [5, 5.41) is 3.88. The van der Waals surface area contributed by atoms with Crippen LogP contribution in [0.4, 0.5) is 11.4 Å². The first kappa shape index (κ1) is 44.6. The van der Waals surface area contributed by atoms with E-state index in [2.05, 4.69) is 28.1 Å². The summed E-state index contributed by atoms with van der Waals surface area (Å²) in [6.07, 6.45) is 11.3. The molecule has 0 bridgehead atoms. The van der Waals surface area contributed by atoms with Crippen LogP contribution in [0.3, 0.4) is 0 Å². The molecule has 16 heteroatoms. The van der Waals surface area contributed by atoms with Crippen LogP contribution in [0.2, 0.25) is 0 Å². The molecule has 330 valence electrons. The van der Waals surface area contributed by atoms with E-state index < -0.39 is 31.7 Å². The second-order valence-electron chi connectivity index (χ2n) is 16.3. The second kappa shape index (κ2) is 19.3. The number of aromatic nitrogens is 1. The second-order valence-corrected chi connectivity index (χ2v) is 20.0. The molecule has 3 aromatic carbocycles. The number of rotatable bonds is 17. The number of carbonyl (C=O) groups is 3. The van der Waals surface area contributed by atoms with E-state index in [1.165, 1.54) is 16.6 Å². The zero-order valence-electron chi connectivity index (χ0n) is 35.3. The molecule has 7 rings (SSSR count). The number of anilines is 2. The largest absolute Gasteiger partial charge is 0.489 e. The summed E-state index contributed by atoms with van der Waals surface area (Å²) >= 11 is 0. The van der Waals surface area contributed by atoms with Gasteiger partial charge < -0.3 is 24.4 Å². The van der Waals surface area contributed by atoms with Crippen molar-refractivity contribution in [3.8, 4) is 17.0 Å². The van der Waals surface area contributed by atoms with Crippen LogP contribution >= 0.6 is 0 Å². The maximum Gasteiger partial charge on any atom is 0.264 e. The van der Waals surface area contributed by atoms with Gasteiger partial charge in [0.05, 0.1) is 23.2 Å². The number of hydrogen-bond donors (Lipinski definition) is 2. The number of hydrogen-bond acceptors (Lipinski definition) is 9. The average molecular weight is 885 g/mol. The Balaban J connectivity index is 1.23. The molecule has 0 atom stereocenters. The zero-order valence-corrected chi connectivity index (χ0v) is 36.9. The molecular weight excluding hydrogens is 829 g/mol. The predicted octanol–water partition coefficient (Wildman–Crippen LogP) is 6.08. The van der Waals surface area contributed by atoms with Crippen molar-refractivity contribution in [2.75, 3.05) is 61.1 Å². The molecule has 1 aliphatic carbocycles. The van der Waals surface area contributed by atoms with Gasteiger partial charge in [-0.25, -0.2) is 21.6 Å². The topological polar surface area (TPSA) is 167 Å². The number of benzene rings is 3. The molecule has 2 saturated heterocycles. The van der Waals surface area contributed by atoms with Crippen LogP contribution < -0.4 is 24.6 Å². The lowest BCUT2D eigenvalue weighted by atomic mass is 9.81. The summed E-state index contributed by atoms with van der Waals surface area (Å²) in [4.78, 5) is 43.6. The van der Waals surface area contributed by atoms with Gasteiger partial charge in [-0.05, 0) is 97.3 Å². The highest BCUT2D eigenvalue weighted by Crippen LogP contribution is 2.45. The smallest absolute Gasteiger partial charge is 0.264 e. The molecule has 2 N–H and O–H groups in total. The van der Waals surface area contributed by atoms with Gasteiger partial charge in [0.15, 0.2) is 0 Å². The van der Waals surface area contributed by atoms with E-state index in [9.17, 15) is 31.2 Å². The fraction of sp³-hybridized carbons (Fsp3) is 0.413. The molecule has 0 unspecified atom stereocenters. The molecule has 1 saturated carbocycles. The van der Waals surface area contributed by atoms with Crippen LogP contribution in [0.5, 0.6) is 5.75 Å². The van der Waals surface area contributed by atoms with Gasteiger partial charge in [-0.3, -0.25) is 14.4 Å². The van der Waals surface area contributed by atoms with E-state index in [0.29, 0.717) is 63.4 Å². The predicted molar refractivity (Wildman–Crippen MR) is 243 cm³/mol. The monoisotopic (exact) mass is 884 g/mol. The minimum atomic E-state index is -3.94. The Morgan fingerprint density at radius 1 is 0.871 bits per heavy atom.